The molecule has 0 aliphatic rings. The Kier molecular flexibility index (Phi) is 6.67. The Labute approximate surface area is 183 Å². The third kappa shape index (κ3) is 4.66. The van der Waals surface area contributed by atoms with Crippen molar-refractivity contribution in [1.82, 2.24) is 9.97 Å². The molecule has 0 radical (unpaired) electrons. The van der Waals surface area contributed by atoms with Crippen LogP contribution in [0.15, 0.2) is 41.2 Å². The highest BCUT2D eigenvalue weighted by Gasteiger charge is 2.37. The van der Waals surface area contributed by atoms with Gasteiger partial charge in [-0.15, -0.1) is 0 Å². The van der Waals surface area contributed by atoms with Gasteiger partial charge >= 0.3 is 5.97 Å². The van der Waals surface area contributed by atoms with Gasteiger partial charge in [-0.2, -0.15) is 0 Å². The van der Waals surface area contributed by atoms with E-state index in [1.54, 1.807) is 36.4 Å². The molecule has 1 atom stereocenters. The van der Waals surface area contributed by atoms with Crippen LogP contribution in [0, 0.1) is 13.8 Å². The van der Waals surface area contributed by atoms with Crippen molar-refractivity contribution in [2.45, 2.75) is 26.7 Å². The Morgan fingerprint density at radius 2 is 1.75 bits per heavy atom. The first-order valence-electron chi connectivity index (χ1n) is 9.92. The van der Waals surface area contributed by atoms with E-state index in [0.29, 0.717) is 29.1 Å². The van der Waals surface area contributed by atoms with E-state index < -0.39 is 34.8 Å². The van der Waals surface area contributed by atoms with Crippen molar-refractivity contribution < 1.29 is 23.9 Å². The largest absolute Gasteiger partial charge is 0.494 e. The van der Waals surface area contributed by atoms with Crippen molar-refractivity contribution >= 4 is 34.4 Å². The molecule has 0 saturated heterocycles. The van der Waals surface area contributed by atoms with E-state index in [0.717, 1.165) is 18.2 Å². The number of ether oxygens (including phenoxy) is 2. The molecule has 0 bridgehead atoms. The van der Waals surface area contributed by atoms with Gasteiger partial charge in [0.15, 0.2) is 5.92 Å². The summed E-state index contributed by atoms with van der Waals surface area (Å²) in [6.45, 7) is 6.07. The second-order valence-corrected chi connectivity index (χ2v) is 7.14. The molecule has 32 heavy (non-hydrogen) atoms. The van der Waals surface area contributed by atoms with Crippen molar-refractivity contribution in [3.63, 3.8) is 0 Å². The molecule has 0 aliphatic heterocycles. The number of aromatic nitrogens is 2. The van der Waals surface area contributed by atoms with Crippen LogP contribution in [-0.4, -0.2) is 41.3 Å². The average molecular weight is 437 g/mol. The molecule has 0 aliphatic carbocycles. The molecule has 0 fully saturated rings. The van der Waals surface area contributed by atoms with Gasteiger partial charge in [-0.1, -0.05) is 0 Å². The lowest BCUT2D eigenvalue weighted by Crippen LogP contribution is -2.37. The van der Waals surface area contributed by atoms with Crippen LogP contribution >= 0.6 is 0 Å². The summed E-state index contributed by atoms with van der Waals surface area (Å²) in [5, 5.41) is 2.42. The van der Waals surface area contributed by atoms with E-state index in [4.69, 9.17) is 9.47 Å². The van der Waals surface area contributed by atoms with Gasteiger partial charge in [0.2, 0.25) is 5.78 Å². The Balaban J connectivity index is 1.95. The summed E-state index contributed by atoms with van der Waals surface area (Å²) >= 11 is 0. The van der Waals surface area contributed by atoms with Gasteiger partial charge in [0.1, 0.15) is 11.4 Å². The van der Waals surface area contributed by atoms with Crippen LogP contribution in [-0.2, 0) is 19.1 Å². The van der Waals surface area contributed by atoms with Crippen LogP contribution in [0.4, 0.5) is 5.69 Å². The highest BCUT2D eigenvalue weighted by Crippen LogP contribution is 2.21. The molecule has 2 aromatic carbocycles. The Morgan fingerprint density at radius 1 is 1.09 bits per heavy atom. The number of fused-ring (bicyclic) bond motifs is 1. The number of aromatic amines is 1. The van der Waals surface area contributed by atoms with Crippen molar-refractivity contribution in [2.24, 2.45) is 0 Å². The number of esters is 1. The summed E-state index contributed by atoms with van der Waals surface area (Å²) in [6.07, 6.45) is 0. The van der Waals surface area contributed by atoms with Crippen LogP contribution in [0.5, 0.6) is 5.75 Å². The monoisotopic (exact) mass is 437 g/mol. The fourth-order valence-electron chi connectivity index (χ4n) is 3.14. The van der Waals surface area contributed by atoms with Crippen LogP contribution in [0.1, 0.15) is 29.7 Å². The first kappa shape index (κ1) is 22.7. The molecule has 166 valence electrons. The number of carbonyl (C=O) groups is 3. The maximum absolute atomic E-state index is 12.9. The predicted molar refractivity (Wildman–Crippen MR) is 118 cm³/mol. The normalized spacial score (nSPS) is 11.6. The standard InChI is InChI=1S/C23H23N3O6/c1-5-32-15-8-6-14(7-9-15)24-22(29)20(27)18(23(30)31-4)19-21(28)26-17-11-13(3)12(2)10-16(17)25-19/h6-11,18H,5H2,1-4H3,(H,24,29)(H,26,28)/t18-/m0/s1. The second-order valence-electron chi connectivity index (χ2n) is 7.14. The van der Waals surface area contributed by atoms with Gasteiger partial charge in [0, 0.05) is 5.69 Å². The maximum atomic E-state index is 12.9. The molecule has 9 nitrogen and oxygen atoms in total. The quantitative estimate of drug-likeness (QED) is 0.330. The van der Waals surface area contributed by atoms with Gasteiger partial charge in [-0.05, 0) is 68.3 Å². The minimum absolute atomic E-state index is 0.321. The Morgan fingerprint density at radius 3 is 2.38 bits per heavy atom. The van der Waals surface area contributed by atoms with Gasteiger partial charge in [0.25, 0.3) is 11.5 Å². The van der Waals surface area contributed by atoms with Crippen molar-refractivity contribution in [1.29, 1.82) is 0 Å². The number of benzene rings is 2. The molecule has 3 aromatic rings. The second kappa shape index (κ2) is 9.42. The van der Waals surface area contributed by atoms with E-state index in [1.165, 1.54) is 0 Å². The molecular weight excluding hydrogens is 414 g/mol. The van der Waals surface area contributed by atoms with Crippen molar-refractivity contribution in [2.75, 3.05) is 19.0 Å². The van der Waals surface area contributed by atoms with Gasteiger partial charge in [-0.3, -0.25) is 19.2 Å². The third-order valence-corrected chi connectivity index (χ3v) is 4.95. The van der Waals surface area contributed by atoms with E-state index in [-0.39, 0.29) is 0 Å². The third-order valence-electron chi connectivity index (χ3n) is 4.95. The van der Waals surface area contributed by atoms with E-state index in [1.807, 2.05) is 20.8 Å². The summed E-state index contributed by atoms with van der Waals surface area (Å²) in [5.41, 5.74) is 1.86. The lowest BCUT2D eigenvalue weighted by Gasteiger charge is -2.14. The lowest BCUT2D eigenvalue weighted by atomic mass is 9.99. The topological polar surface area (TPSA) is 127 Å². The molecule has 0 saturated carbocycles. The number of H-pyrrole nitrogens is 1. The number of rotatable bonds is 7. The van der Waals surface area contributed by atoms with Crippen LogP contribution < -0.4 is 15.6 Å². The number of Topliss-reactive ketones (excluding diaryl/α,β-unsaturated/α-hetero) is 1. The van der Waals surface area contributed by atoms with Crippen molar-refractivity contribution in [3.05, 3.63) is 63.6 Å². The number of anilines is 1. The molecule has 0 spiro atoms. The average Bonchev–Trinajstić information content (AvgIpc) is 2.77. The first-order valence-corrected chi connectivity index (χ1v) is 9.92. The number of methoxy groups -OCH3 is 1. The molecule has 3 rings (SSSR count). The predicted octanol–water partition coefficient (Wildman–Crippen LogP) is 2.40. The summed E-state index contributed by atoms with van der Waals surface area (Å²) in [6, 6.07) is 9.83. The SMILES string of the molecule is CCOc1ccc(NC(=O)C(=O)[C@@H](C(=O)OC)c2nc3cc(C)c(C)cc3[nH]c2=O)cc1. The molecule has 2 N–H and O–H groups in total. The number of carbonyl (C=O) groups excluding carboxylic acids is 3. The van der Waals surface area contributed by atoms with Crippen molar-refractivity contribution in [3.8, 4) is 5.75 Å². The summed E-state index contributed by atoms with van der Waals surface area (Å²) in [5.74, 6) is -4.50. The minimum Gasteiger partial charge on any atom is -0.494 e. The molecule has 1 heterocycles. The van der Waals surface area contributed by atoms with Crippen LogP contribution in [0.2, 0.25) is 0 Å². The molecule has 0 unspecified atom stereocenters. The summed E-state index contributed by atoms with van der Waals surface area (Å²) in [7, 11) is 1.07. The zero-order chi connectivity index (χ0) is 23.4. The van der Waals surface area contributed by atoms with Gasteiger partial charge in [-0.25, -0.2) is 4.98 Å². The fraction of sp³-hybridized carbons (Fsp3) is 0.261. The molecule has 1 aromatic heterocycles. The number of nitrogens with one attached hydrogen (secondary N) is 2. The van der Waals surface area contributed by atoms with E-state index in [9.17, 15) is 19.2 Å². The maximum Gasteiger partial charge on any atom is 0.323 e. The number of ketones is 1. The molecule has 9 heteroatoms. The number of amides is 1. The summed E-state index contributed by atoms with van der Waals surface area (Å²) < 4.78 is 10.0. The molecule has 1 amide bonds. The highest BCUT2D eigenvalue weighted by atomic mass is 16.5. The van der Waals surface area contributed by atoms with Gasteiger partial charge < -0.3 is 19.8 Å². The Hall–Kier alpha value is -4.01. The van der Waals surface area contributed by atoms with Crippen LogP contribution in [0.3, 0.4) is 0 Å². The summed E-state index contributed by atoms with van der Waals surface area (Å²) in [4.78, 5) is 57.4. The van der Waals surface area contributed by atoms with Crippen LogP contribution in [0.25, 0.3) is 11.0 Å². The van der Waals surface area contributed by atoms with Gasteiger partial charge in [0.05, 0.1) is 24.8 Å². The Bertz CT molecular complexity index is 1250. The van der Waals surface area contributed by atoms with E-state index in [2.05, 4.69) is 15.3 Å². The first-order chi connectivity index (χ1) is 15.2. The number of hydrogen-bond donors (Lipinski definition) is 2. The minimum atomic E-state index is -1.81. The smallest absolute Gasteiger partial charge is 0.323 e. The lowest BCUT2D eigenvalue weighted by molar-refractivity contribution is -0.148. The fourth-order valence-corrected chi connectivity index (χ4v) is 3.14. The number of nitrogens with zero attached hydrogens (tertiary/aromatic N) is 1. The zero-order valence-corrected chi connectivity index (χ0v) is 18.1. The zero-order valence-electron chi connectivity index (χ0n) is 18.1. The number of aryl methyl sites for hydroxylation is 2. The number of hydrogen-bond acceptors (Lipinski definition) is 7. The highest BCUT2D eigenvalue weighted by molar-refractivity contribution is 6.45. The van der Waals surface area contributed by atoms with E-state index >= 15 is 0 Å². The molecular formula is C23H23N3O6.